The zero-order chi connectivity index (χ0) is 11.7. The molecule has 2 unspecified atom stereocenters. The van der Waals surface area contributed by atoms with E-state index in [2.05, 4.69) is 0 Å². The lowest BCUT2D eigenvalue weighted by atomic mass is 9.90. The number of phenolic OH excluding ortho intramolecular Hbond substituents is 1. The van der Waals surface area contributed by atoms with E-state index in [9.17, 15) is 5.11 Å². The summed E-state index contributed by atoms with van der Waals surface area (Å²) < 4.78 is 5.66. The Balaban J connectivity index is 0.00000144. The monoisotopic (exact) mass is 303 g/mol. The number of benzene rings is 1. The van der Waals surface area contributed by atoms with Crippen molar-refractivity contribution in [2.75, 3.05) is 13.2 Å². The fraction of sp³-hybridized carbons (Fsp3) is 0.500. The summed E-state index contributed by atoms with van der Waals surface area (Å²) in [6, 6.07) is 3.54. The van der Waals surface area contributed by atoms with Crippen LogP contribution in [0, 0.1) is 6.92 Å². The number of phenols is 1. The van der Waals surface area contributed by atoms with E-state index < -0.39 is 0 Å². The van der Waals surface area contributed by atoms with Gasteiger partial charge in [-0.25, -0.2) is 0 Å². The van der Waals surface area contributed by atoms with Crippen molar-refractivity contribution in [3.63, 3.8) is 0 Å². The molecule has 0 fully saturated rings. The van der Waals surface area contributed by atoms with E-state index in [-0.39, 0.29) is 41.5 Å². The number of hydrogen-bond acceptors (Lipinski definition) is 4. The summed E-state index contributed by atoms with van der Waals surface area (Å²) in [6.07, 6.45) is 0.0392. The molecule has 2 rings (SSSR count). The fourth-order valence-corrected chi connectivity index (χ4v) is 2.29. The molecule has 5 heteroatoms. The maximum absolute atomic E-state index is 9.83. The molecule has 0 amide bonds. The summed E-state index contributed by atoms with van der Waals surface area (Å²) in [6.45, 7) is 2.28. The molecule has 4 nitrogen and oxygen atoms in total. The molecule has 0 saturated carbocycles. The largest absolute Gasteiger partial charge is 0.508 e. The topological polar surface area (TPSA) is 75.7 Å². The highest BCUT2D eigenvalue weighted by Crippen LogP contribution is 2.36. The first-order chi connectivity index (χ1) is 7.67. The second-order valence-electron chi connectivity index (χ2n) is 4.16. The van der Waals surface area contributed by atoms with Crippen LogP contribution in [0.1, 0.15) is 22.8 Å². The Bertz CT molecular complexity index is 398. The lowest BCUT2D eigenvalue weighted by Gasteiger charge is -2.32. The first kappa shape index (κ1) is 14.4. The van der Waals surface area contributed by atoms with Crippen molar-refractivity contribution < 1.29 is 14.9 Å². The van der Waals surface area contributed by atoms with Crippen molar-refractivity contribution in [2.45, 2.75) is 25.6 Å². The SMILES string of the molecule is Br.Cc1ccc(O)c2c1C(CN)OC(CO)C2. The first-order valence-corrected chi connectivity index (χ1v) is 5.45. The molecule has 1 heterocycles. The van der Waals surface area contributed by atoms with Gasteiger partial charge in [0.15, 0.2) is 0 Å². The van der Waals surface area contributed by atoms with Crippen molar-refractivity contribution in [2.24, 2.45) is 5.73 Å². The van der Waals surface area contributed by atoms with Crippen LogP contribution < -0.4 is 5.73 Å². The Hall–Kier alpha value is -0.620. The normalized spacial score (nSPS) is 22.8. The number of halogens is 1. The van der Waals surface area contributed by atoms with Crippen molar-refractivity contribution in [1.82, 2.24) is 0 Å². The maximum atomic E-state index is 9.83. The molecular formula is C12H18BrNO3. The smallest absolute Gasteiger partial charge is 0.119 e. The van der Waals surface area contributed by atoms with Gasteiger partial charge in [0.05, 0.1) is 18.8 Å². The maximum Gasteiger partial charge on any atom is 0.119 e. The Kier molecular flexibility index (Phi) is 4.94. The number of hydrogen-bond donors (Lipinski definition) is 3. The van der Waals surface area contributed by atoms with Gasteiger partial charge >= 0.3 is 0 Å². The summed E-state index contributed by atoms with van der Waals surface area (Å²) in [7, 11) is 0. The fourth-order valence-electron chi connectivity index (χ4n) is 2.29. The van der Waals surface area contributed by atoms with Crippen LogP contribution in [0.2, 0.25) is 0 Å². The molecule has 2 atom stereocenters. The number of aryl methyl sites for hydroxylation is 1. The highest BCUT2D eigenvalue weighted by atomic mass is 79.9. The van der Waals surface area contributed by atoms with Crippen LogP contribution in [0.5, 0.6) is 5.75 Å². The van der Waals surface area contributed by atoms with Crippen molar-refractivity contribution in [3.8, 4) is 5.75 Å². The number of aliphatic hydroxyl groups is 1. The van der Waals surface area contributed by atoms with Crippen molar-refractivity contribution in [3.05, 3.63) is 28.8 Å². The van der Waals surface area contributed by atoms with Crippen LogP contribution in [0.25, 0.3) is 0 Å². The van der Waals surface area contributed by atoms with Crippen LogP contribution in [-0.4, -0.2) is 29.5 Å². The third-order valence-electron chi connectivity index (χ3n) is 3.08. The number of aliphatic hydroxyl groups excluding tert-OH is 1. The molecular weight excluding hydrogens is 286 g/mol. The third kappa shape index (κ3) is 2.63. The van der Waals surface area contributed by atoms with Gasteiger partial charge in [0.1, 0.15) is 5.75 Å². The molecule has 1 aliphatic heterocycles. The van der Waals surface area contributed by atoms with Crippen LogP contribution in [0.15, 0.2) is 12.1 Å². The van der Waals surface area contributed by atoms with Crippen LogP contribution in [0.4, 0.5) is 0 Å². The minimum absolute atomic E-state index is 0. The molecule has 1 aromatic rings. The third-order valence-corrected chi connectivity index (χ3v) is 3.08. The van der Waals surface area contributed by atoms with E-state index in [4.69, 9.17) is 15.6 Å². The summed E-state index contributed by atoms with van der Waals surface area (Å²) in [5, 5.41) is 19.0. The number of aromatic hydroxyl groups is 1. The molecule has 1 aromatic carbocycles. The van der Waals surface area contributed by atoms with Crippen LogP contribution >= 0.6 is 17.0 Å². The zero-order valence-electron chi connectivity index (χ0n) is 9.72. The van der Waals surface area contributed by atoms with Crippen molar-refractivity contribution >= 4 is 17.0 Å². The molecule has 0 bridgehead atoms. The lowest BCUT2D eigenvalue weighted by Crippen LogP contribution is -2.33. The molecule has 0 aliphatic carbocycles. The quantitative estimate of drug-likeness (QED) is 0.768. The minimum Gasteiger partial charge on any atom is -0.508 e. The Morgan fingerprint density at radius 1 is 1.47 bits per heavy atom. The molecule has 96 valence electrons. The second-order valence-corrected chi connectivity index (χ2v) is 4.16. The summed E-state index contributed by atoms with van der Waals surface area (Å²) in [4.78, 5) is 0. The van der Waals surface area contributed by atoms with Gasteiger partial charge in [-0.2, -0.15) is 0 Å². The summed E-state index contributed by atoms with van der Waals surface area (Å²) >= 11 is 0. The van der Waals surface area contributed by atoms with Gasteiger partial charge in [-0.3, -0.25) is 0 Å². The number of nitrogens with two attached hydrogens (primary N) is 1. The Labute approximate surface area is 111 Å². The van der Waals surface area contributed by atoms with Gasteiger partial charge in [0.25, 0.3) is 0 Å². The van der Waals surface area contributed by atoms with E-state index in [0.717, 1.165) is 16.7 Å². The highest BCUT2D eigenvalue weighted by molar-refractivity contribution is 8.93. The molecule has 0 aromatic heterocycles. The zero-order valence-corrected chi connectivity index (χ0v) is 11.4. The molecule has 17 heavy (non-hydrogen) atoms. The van der Waals surface area contributed by atoms with Gasteiger partial charge in [0, 0.05) is 18.5 Å². The van der Waals surface area contributed by atoms with E-state index >= 15 is 0 Å². The first-order valence-electron chi connectivity index (χ1n) is 5.45. The van der Waals surface area contributed by atoms with Crippen LogP contribution in [0.3, 0.4) is 0 Å². The Morgan fingerprint density at radius 2 is 2.18 bits per heavy atom. The van der Waals surface area contributed by atoms with Gasteiger partial charge in [-0.1, -0.05) is 6.07 Å². The summed E-state index contributed by atoms with van der Waals surface area (Å²) in [5.41, 5.74) is 8.58. The number of fused-ring (bicyclic) bond motifs is 1. The average Bonchev–Trinajstić information content (AvgIpc) is 2.32. The van der Waals surface area contributed by atoms with Gasteiger partial charge in [-0.05, 0) is 24.1 Å². The molecule has 4 N–H and O–H groups in total. The van der Waals surface area contributed by atoms with Gasteiger partial charge in [0.2, 0.25) is 0 Å². The van der Waals surface area contributed by atoms with E-state index in [0.29, 0.717) is 13.0 Å². The standard InChI is InChI=1S/C12H17NO3.BrH/c1-7-2-3-10(15)9-4-8(6-14)16-11(5-13)12(7)9;/h2-3,8,11,14-15H,4-6,13H2,1H3;1H. The predicted octanol–water partition coefficient (Wildman–Crippen LogP) is 1.21. The van der Waals surface area contributed by atoms with Gasteiger partial charge < -0.3 is 20.7 Å². The molecule has 1 aliphatic rings. The van der Waals surface area contributed by atoms with Gasteiger partial charge in [-0.15, -0.1) is 17.0 Å². The molecule has 0 spiro atoms. The Morgan fingerprint density at radius 3 is 2.76 bits per heavy atom. The van der Waals surface area contributed by atoms with E-state index in [1.807, 2.05) is 13.0 Å². The highest BCUT2D eigenvalue weighted by Gasteiger charge is 2.29. The van der Waals surface area contributed by atoms with E-state index in [1.165, 1.54) is 0 Å². The average molecular weight is 304 g/mol. The molecule has 0 radical (unpaired) electrons. The number of rotatable bonds is 2. The lowest BCUT2D eigenvalue weighted by molar-refractivity contribution is -0.0474. The predicted molar refractivity (Wildman–Crippen MR) is 70.6 cm³/mol. The number of ether oxygens (including phenoxy) is 1. The van der Waals surface area contributed by atoms with E-state index in [1.54, 1.807) is 6.07 Å². The summed E-state index contributed by atoms with van der Waals surface area (Å²) in [5.74, 6) is 0.265. The minimum atomic E-state index is -0.270. The second kappa shape index (κ2) is 5.82. The van der Waals surface area contributed by atoms with Crippen molar-refractivity contribution in [1.29, 1.82) is 0 Å². The van der Waals surface area contributed by atoms with Crippen LogP contribution in [-0.2, 0) is 11.2 Å². The molecule has 0 saturated heterocycles.